The summed E-state index contributed by atoms with van der Waals surface area (Å²) in [5, 5.41) is 2.60. The van der Waals surface area contributed by atoms with Crippen LogP contribution >= 0.6 is 0 Å². The molecule has 0 radical (unpaired) electrons. The Hall–Kier alpha value is -2.67. The van der Waals surface area contributed by atoms with Crippen molar-refractivity contribution in [2.45, 2.75) is 45.9 Å². The Bertz CT molecular complexity index is 1010. The number of hydrogen-bond acceptors (Lipinski definition) is 4. The highest BCUT2D eigenvalue weighted by molar-refractivity contribution is 7.91. The van der Waals surface area contributed by atoms with Crippen molar-refractivity contribution < 1.29 is 18.0 Å². The fourth-order valence-electron chi connectivity index (χ4n) is 3.21. The Labute approximate surface area is 179 Å². The summed E-state index contributed by atoms with van der Waals surface area (Å²) in [6.07, 6.45) is 0. The first-order valence-electron chi connectivity index (χ1n) is 9.89. The molecular formula is C23H30N2O4S. The van der Waals surface area contributed by atoms with Crippen molar-refractivity contribution in [2.75, 3.05) is 17.6 Å². The molecule has 1 N–H and O–H groups in total. The number of amides is 2. The van der Waals surface area contributed by atoms with E-state index in [9.17, 15) is 18.0 Å². The van der Waals surface area contributed by atoms with Crippen molar-refractivity contribution in [1.29, 1.82) is 0 Å². The van der Waals surface area contributed by atoms with Crippen LogP contribution in [0, 0.1) is 6.92 Å². The lowest BCUT2D eigenvalue weighted by Crippen LogP contribution is -2.45. The van der Waals surface area contributed by atoms with E-state index in [4.69, 9.17) is 0 Å². The molecule has 0 saturated heterocycles. The fraction of sp³-hybridized carbons (Fsp3) is 0.391. The van der Waals surface area contributed by atoms with Gasteiger partial charge in [0.15, 0.2) is 9.84 Å². The minimum atomic E-state index is -3.70. The molecule has 0 atom stereocenters. The van der Waals surface area contributed by atoms with E-state index in [1.807, 2.05) is 46.8 Å². The van der Waals surface area contributed by atoms with E-state index in [-0.39, 0.29) is 17.2 Å². The third kappa shape index (κ3) is 6.69. The minimum Gasteiger partial charge on any atom is -0.334 e. The normalized spacial score (nSPS) is 11.8. The van der Waals surface area contributed by atoms with Gasteiger partial charge in [0.1, 0.15) is 5.75 Å². The summed E-state index contributed by atoms with van der Waals surface area (Å²) >= 11 is 0. The van der Waals surface area contributed by atoms with Gasteiger partial charge in [0, 0.05) is 23.3 Å². The largest absolute Gasteiger partial charge is 0.334 e. The molecule has 0 fully saturated rings. The molecule has 6 nitrogen and oxygen atoms in total. The SMILES string of the molecule is CCN(C(=O)c1cccc(CS(=O)(=O)CC(=O)Nc2ccc(C)cc2)c1)C(C)(C)C. The standard InChI is InChI=1S/C23H30N2O4S/c1-6-25(23(3,4)5)22(27)19-9-7-8-18(14-19)15-30(28,29)16-21(26)24-20-12-10-17(2)11-13-20/h7-14H,6,15-16H2,1-5H3,(H,24,26). The smallest absolute Gasteiger partial charge is 0.254 e. The van der Waals surface area contributed by atoms with E-state index in [0.29, 0.717) is 23.4 Å². The van der Waals surface area contributed by atoms with E-state index in [2.05, 4.69) is 5.32 Å². The summed E-state index contributed by atoms with van der Waals surface area (Å²) in [6.45, 7) is 10.2. The maximum atomic E-state index is 12.9. The van der Waals surface area contributed by atoms with Crippen molar-refractivity contribution in [3.63, 3.8) is 0 Å². The first-order valence-corrected chi connectivity index (χ1v) is 11.7. The lowest BCUT2D eigenvalue weighted by molar-refractivity contribution is -0.113. The molecule has 0 spiro atoms. The van der Waals surface area contributed by atoms with Crippen LogP contribution in [0.15, 0.2) is 48.5 Å². The summed E-state index contributed by atoms with van der Waals surface area (Å²) in [4.78, 5) is 26.8. The van der Waals surface area contributed by atoms with Crippen molar-refractivity contribution in [3.8, 4) is 0 Å². The topological polar surface area (TPSA) is 83.6 Å². The molecule has 0 aliphatic carbocycles. The number of nitrogens with zero attached hydrogens (tertiary/aromatic N) is 1. The predicted molar refractivity (Wildman–Crippen MR) is 120 cm³/mol. The summed E-state index contributed by atoms with van der Waals surface area (Å²) < 4.78 is 25.1. The second-order valence-corrected chi connectivity index (χ2v) is 10.4. The van der Waals surface area contributed by atoms with E-state index >= 15 is 0 Å². The average molecular weight is 431 g/mol. The van der Waals surface area contributed by atoms with Crippen LogP contribution in [0.3, 0.4) is 0 Å². The van der Waals surface area contributed by atoms with Crippen LogP contribution in [-0.2, 0) is 20.4 Å². The number of rotatable bonds is 7. The molecule has 0 aromatic heterocycles. The van der Waals surface area contributed by atoms with E-state index < -0.39 is 21.5 Å². The number of hydrogen-bond donors (Lipinski definition) is 1. The summed E-state index contributed by atoms with van der Waals surface area (Å²) in [5.41, 5.74) is 2.16. The van der Waals surface area contributed by atoms with Crippen LogP contribution in [0.2, 0.25) is 0 Å². The second-order valence-electron chi connectivity index (χ2n) is 8.37. The molecule has 2 aromatic rings. The molecule has 162 valence electrons. The molecule has 0 unspecified atom stereocenters. The number of carbonyl (C=O) groups excluding carboxylic acids is 2. The van der Waals surface area contributed by atoms with Crippen LogP contribution in [0.4, 0.5) is 5.69 Å². The number of sulfone groups is 1. The Balaban J connectivity index is 2.09. The monoisotopic (exact) mass is 430 g/mol. The quantitative estimate of drug-likeness (QED) is 0.724. The molecule has 7 heteroatoms. The van der Waals surface area contributed by atoms with Gasteiger partial charge in [0.05, 0.1) is 5.75 Å². The third-order valence-electron chi connectivity index (χ3n) is 4.62. The Morgan fingerprint density at radius 3 is 2.23 bits per heavy atom. The zero-order chi connectivity index (χ0) is 22.5. The molecule has 0 aliphatic heterocycles. The van der Waals surface area contributed by atoms with Gasteiger partial charge < -0.3 is 10.2 Å². The first kappa shape index (κ1) is 23.6. The van der Waals surface area contributed by atoms with Crippen LogP contribution < -0.4 is 5.32 Å². The highest BCUT2D eigenvalue weighted by atomic mass is 32.2. The maximum absolute atomic E-state index is 12.9. The number of aryl methyl sites for hydroxylation is 1. The van der Waals surface area contributed by atoms with Crippen molar-refractivity contribution in [2.24, 2.45) is 0 Å². The zero-order valence-corrected chi connectivity index (χ0v) is 19.0. The highest BCUT2D eigenvalue weighted by Crippen LogP contribution is 2.19. The van der Waals surface area contributed by atoms with Crippen molar-refractivity contribution >= 4 is 27.3 Å². The number of carbonyl (C=O) groups is 2. The number of anilines is 1. The zero-order valence-electron chi connectivity index (χ0n) is 18.2. The lowest BCUT2D eigenvalue weighted by Gasteiger charge is -2.35. The Morgan fingerprint density at radius 2 is 1.67 bits per heavy atom. The van der Waals surface area contributed by atoms with Gasteiger partial charge in [-0.1, -0.05) is 29.8 Å². The fourth-order valence-corrected chi connectivity index (χ4v) is 4.47. The summed E-state index contributed by atoms with van der Waals surface area (Å²) in [7, 11) is -3.70. The summed E-state index contributed by atoms with van der Waals surface area (Å²) in [6, 6.07) is 13.7. The first-order chi connectivity index (χ1) is 13.9. The van der Waals surface area contributed by atoms with Crippen LogP contribution in [0.1, 0.15) is 49.2 Å². The Kier molecular flexibility index (Phi) is 7.42. The van der Waals surface area contributed by atoms with Crippen LogP contribution in [-0.4, -0.2) is 43.0 Å². The summed E-state index contributed by atoms with van der Waals surface area (Å²) in [5.74, 6) is -1.67. The van der Waals surface area contributed by atoms with Gasteiger partial charge in [-0.15, -0.1) is 0 Å². The van der Waals surface area contributed by atoms with E-state index in [1.165, 1.54) is 0 Å². The molecular weight excluding hydrogens is 400 g/mol. The van der Waals surface area contributed by atoms with Crippen molar-refractivity contribution in [1.82, 2.24) is 4.90 Å². The predicted octanol–water partition coefficient (Wildman–Crippen LogP) is 3.81. The number of benzene rings is 2. The molecule has 0 heterocycles. The van der Waals surface area contributed by atoms with Gasteiger partial charge in [0.25, 0.3) is 5.91 Å². The van der Waals surface area contributed by atoms with E-state index in [1.54, 1.807) is 41.3 Å². The van der Waals surface area contributed by atoms with Crippen LogP contribution in [0.5, 0.6) is 0 Å². The van der Waals surface area contributed by atoms with Gasteiger partial charge in [-0.25, -0.2) is 8.42 Å². The molecule has 2 amide bonds. The van der Waals surface area contributed by atoms with Gasteiger partial charge in [-0.2, -0.15) is 0 Å². The molecule has 2 rings (SSSR count). The molecule has 2 aromatic carbocycles. The van der Waals surface area contributed by atoms with Gasteiger partial charge in [-0.05, 0) is 64.4 Å². The molecule has 0 aliphatic rings. The Morgan fingerprint density at radius 1 is 1.03 bits per heavy atom. The average Bonchev–Trinajstić information content (AvgIpc) is 2.62. The minimum absolute atomic E-state index is 0.152. The highest BCUT2D eigenvalue weighted by Gasteiger charge is 2.26. The maximum Gasteiger partial charge on any atom is 0.254 e. The van der Waals surface area contributed by atoms with Crippen LogP contribution in [0.25, 0.3) is 0 Å². The van der Waals surface area contributed by atoms with E-state index in [0.717, 1.165) is 5.56 Å². The third-order valence-corrected chi connectivity index (χ3v) is 6.09. The van der Waals surface area contributed by atoms with Crippen molar-refractivity contribution in [3.05, 3.63) is 65.2 Å². The second kappa shape index (κ2) is 9.43. The molecule has 0 saturated carbocycles. The number of nitrogens with one attached hydrogen (secondary N) is 1. The van der Waals surface area contributed by atoms with Gasteiger partial charge in [-0.3, -0.25) is 9.59 Å². The molecule has 0 bridgehead atoms. The lowest BCUT2D eigenvalue weighted by atomic mass is 10.0. The van der Waals surface area contributed by atoms with Gasteiger partial charge >= 0.3 is 0 Å². The van der Waals surface area contributed by atoms with Gasteiger partial charge in [0.2, 0.25) is 5.91 Å². The molecule has 30 heavy (non-hydrogen) atoms.